The second kappa shape index (κ2) is 8.39. The van der Waals surface area contributed by atoms with Gasteiger partial charge in [-0.2, -0.15) is 0 Å². The van der Waals surface area contributed by atoms with E-state index in [0.717, 1.165) is 31.7 Å². The lowest BCUT2D eigenvalue weighted by Crippen LogP contribution is -2.22. The minimum atomic E-state index is -1.16. The van der Waals surface area contributed by atoms with E-state index in [1.165, 1.54) is 6.42 Å². The number of fused-ring (bicyclic) bond motifs is 1. The predicted molar refractivity (Wildman–Crippen MR) is 106 cm³/mol. The third kappa shape index (κ3) is 5.29. The largest absolute Gasteiger partial charge is 0.478 e. The number of aromatic nitrogens is 3. The molecule has 2 heterocycles. The van der Waals surface area contributed by atoms with Crippen LogP contribution in [0, 0.1) is 0 Å². The Balaban J connectivity index is 1.76. The van der Waals surface area contributed by atoms with E-state index in [1.807, 2.05) is 0 Å². The van der Waals surface area contributed by atoms with Crippen molar-refractivity contribution in [1.82, 2.24) is 14.5 Å². The van der Waals surface area contributed by atoms with Gasteiger partial charge in [0.15, 0.2) is 5.65 Å². The average molecular weight is 392 g/mol. The molecule has 0 unspecified atom stereocenters. The molecular weight excluding hydrogens is 362 g/mol. The molecule has 0 bridgehead atoms. The van der Waals surface area contributed by atoms with E-state index in [-0.39, 0.29) is 18.4 Å². The van der Waals surface area contributed by atoms with E-state index in [4.69, 9.17) is 9.47 Å². The molecule has 2 aromatic heterocycles. The molecule has 27 heavy (non-hydrogen) atoms. The molecule has 0 atom stereocenters. The van der Waals surface area contributed by atoms with Crippen LogP contribution in [0.25, 0.3) is 11.2 Å². The van der Waals surface area contributed by atoms with Crippen LogP contribution in [0.1, 0.15) is 42.5 Å². The van der Waals surface area contributed by atoms with Crippen LogP contribution in [0.5, 0.6) is 5.88 Å². The topological polar surface area (TPSA) is 86.5 Å². The summed E-state index contributed by atoms with van der Waals surface area (Å²) in [5.74, 6) is -0.626. The first-order valence-corrected chi connectivity index (χ1v) is 13.4. The van der Waals surface area contributed by atoms with Crippen LogP contribution in [0.15, 0.2) is 12.4 Å². The van der Waals surface area contributed by atoms with E-state index >= 15 is 0 Å². The van der Waals surface area contributed by atoms with Gasteiger partial charge in [0.2, 0.25) is 5.88 Å². The normalized spacial score (nSPS) is 16.0. The zero-order valence-corrected chi connectivity index (χ0v) is 17.4. The van der Waals surface area contributed by atoms with Crippen LogP contribution in [-0.4, -0.2) is 46.4 Å². The predicted octanol–water partition coefficient (Wildman–Crippen LogP) is 4.15. The molecule has 0 spiro atoms. The standard InChI is InChI=1S/C19H29N3O4Si/c1-27(2,3)10-9-25-13-22-12-15(19(23)24)17-18(22)20-11-16(21-17)26-14-7-5-4-6-8-14/h11-12,14H,4-10,13H2,1-3H3,(H,23,24). The Hall–Kier alpha value is -1.93. The van der Waals surface area contributed by atoms with Crippen molar-refractivity contribution in [2.24, 2.45) is 0 Å². The average Bonchev–Trinajstić information content (AvgIpc) is 2.97. The molecular formula is C19H29N3O4Si. The van der Waals surface area contributed by atoms with E-state index < -0.39 is 14.0 Å². The summed E-state index contributed by atoms with van der Waals surface area (Å²) in [4.78, 5) is 20.5. The molecule has 7 nitrogen and oxygen atoms in total. The fourth-order valence-corrected chi connectivity index (χ4v) is 4.00. The fraction of sp³-hybridized carbons (Fsp3) is 0.632. The lowest BCUT2D eigenvalue weighted by Gasteiger charge is -2.22. The summed E-state index contributed by atoms with van der Waals surface area (Å²) in [6, 6.07) is 1.06. The van der Waals surface area contributed by atoms with Crippen LogP contribution in [0.2, 0.25) is 25.7 Å². The molecule has 2 aromatic rings. The quantitative estimate of drug-likeness (QED) is 0.537. The van der Waals surface area contributed by atoms with Crippen molar-refractivity contribution in [2.45, 2.75) is 70.6 Å². The highest BCUT2D eigenvalue weighted by Gasteiger charge is 2.20. The number of carboxylic acid groups (broad SMARTS) is 1. The van der Waals surface area contributed by atoms with Gasteiger partial charge in [-0.15, -0.1) is 0 Å². The van der Waals surface area contributed by atoms with E-state index in [9.17, 15) is 9.90 Å². The fourth-order valence-electron chi connectivity index (χ4n) is 3.24. The molecule has 0 aliphatic heterocycles. The summed E-state index contributed by atoms with van der Waals surface area (Å²) < 4.78 is 13.4. The van der Waals surface area contributed by atoms with Crippen LogP contribution in [0.3, 0.4) is 0 Å². The highest BCUT2D eigenvalue weighted by atomic mass is 28.3. The molecule has 0 radical (unpaired) electrons. The molecule has 0 amide bonds. The van der Waals surface area contributed by atoms with Gasteiger partial charge < -0.3 is 19.1 Å². The van der Waals surface area contributed by atoms with Gasteiger partial charge in [0.1, 0.15) is 23.9 Å². The summed E-state index contributed by atoms with van der Waals surface area (Å²) in [5.41, 5.74) is 0.987. The molecule has 0 saturated heterocycles. The Morgan fingerprint density at radius 1 is 1.30 bits per heavy atom. The molecule has 1 N–H and O–H groups in total. The number of rotatable bonds is 8. The third-order valence-electron chi connectivity index (χ3n) is 4.84. The minimum absolute atomic E-state index is 0.125. The summed E-state index contributed by atoms with van der Waals surface area (Å²) in [7, 11) is -1.16. The zero-order chi connectivity index (χ0) is 19.4. The maximum Gasteiger partial charge on any atom is 0.339 e. The first-order chi connectivity index (χ1) is 12.8. The summed E-state index contributed by atoms with van der Waals surface area (Å²) in [6.07, 6.45) is 8.86. The van der Waals surface area contributed by atoms with Gasteiger partial charge in [-0.3, -0.25) is 0 Å². The molecule has 0 aromatic carbocycles. The molecule has 148 valence electrons. The lowest BCUT2D eigenvalue weighted by atomic mass is 9.98. The lowest BCUT2D eigenvalue weighted by molar-refractivity contribution is 0.0696. The summed E-state index contributed by atoms with van der Waals surface area (Å²) in [6.45, 7) is 7.82. The number of nitrogens with zero attached hydrogens (tertiary/aromatic N) is 3. The second-order valence-electron chi connectivity index (χ2n) is 8.42. The molecule has 1 fully saturated rings. The SMILES string of the molecule is C[Si](C)(C)CCOCn1cc(C(=O)O)c2nc(OC3CCCCC3)cnc21. The Morgan fingerprint density at radius 2 is 2.04 bits per heavy atom. The number of ether oxygens (including phenoxy) is 2. The molecule has 1 aliphatic rings. The zero-order valence-electron chi connectivity index (χ0n) is 16.4. The second-order valence-corrected chi connectivity index (χ2v) is 14.0. The first kappa shape index (κ1) is 19.8. The van der Waals surface area contributed by atoms with Gasteiger partial charge in [0.05, 0.1) is 6.20 Å². The van der Waals surface area contributed by atoms with Gasteiger partial charge in [0, 0.05) is 20.9 Å². The Labute approximate surface area is 160 Å². The van der Waals surface area contributed by atoms with Crippen LogP contribution in [-0.2, 0) is 11.5 Å². The maximum atomic E-state index is 11.6. The third-order valence-corrected chi connectivity index (χ3v) is 6.54. The number of hydrogen-bond acceptors (Lipinski definition) is 5. The van der Waals surface area contributed by atoms with Crippen molar-refractivity contribution in [3.8, 4) is 5.88 Å². The van der Waals surface area contributed by atoms with Crippen LogP contribution < -0.4 is 4.74 Å². The van der Waals surface area contributed by atoms with Crippen molar-refractivity contribution in [2.75, 3.05) is 6.61 Å². The van der Waals surface area contributed by atoms with Crippen LogP contribution >= 0.6 is 0 Å². The van der Waals surface area contributed by atoms with Gasteiger partial charge in [-0.1, -0.05) is 26.1 Å². The van der Waals surface area contributed by atoms with Crippen molar-refractivity contribution >= 4 is 25.2 Å². The smallest absolute Gasteiger partial charge is 0.339 e. The van der Waals surface area contributed by atoms with Gasteiger partial charge in [-0.25, -0.2) is 14.8 Å². The van der Waals surface area contributed by atoms with Crippen molar-refractivity contribution in [3.05, 3.63) is 18.0 Å². The number of carbonyl (C=O) groups is 1. The Bertz CT molecular complexity index is 794. The number of carboxylic acids is 1. The van der Waals surface area contributed by atoms with Gasteiger partial charge in [0.25, 0.3) is 0 Å². The minimum Gasteiger partial charge on any atom is -0.478 e. The van der Waals surface area contributed by atoms with Crippen molar-refractivity contribution < 1.29 is 19.4 Å². The Kier molecular flexibility index (Phi) is 6.16. The molecule has 8 heteroatoms. The monoisotopic (exact) mass is 391 g/mol. The van der Waals surface area contributed by atoms with Gasteiger partial charge in [-0.05, 0) is 31.7 Å². The maximum absolute atomic E-state index is 11.6. The number of hydrogen-bond donors (Lipinski definition) is 1. The molecule has 1 aliphatic carbocycles. The van der Waals surface area contributed by atoms with Crippen LogP contribution in [0.4, 0.5) is 0 Å². The van der Waals surface area contributed by atoms with E-state index in [1.54, 1.807) is 17.0 Å². The highest BCUT2D eigenvalue weighted by molar-refractivity contribution is 6.76. The molecule has 3 rings (SSSR count). The van der Waals surface area contributed by atoms with Crippen molar-refractivity contribution in [3.63, 3.8) is 0 Å². The first-order valence-electron chi connectivity index (χ1n) is 9.67. The molecule has 1 saturated carbocycles. The van der Waals surface area contributed by atoms with E-state index in [2.05, 4.69) is 29.6 Å². The Morgan fingerprint density at radius 3 is 2.70 bits per heavy atom. The summed E-state index contributed by atoms with van der Waals surface area (Å²) in [5, 5.41) is 9.53. The van der Waals surface area contributed by atoms with Crippen molar-refractivity contribution in [1.29, 1.82) is 0 Å². The van der Waals surface area contributed by atoms with E-state index in [0.29, 0.717) is 23.7 Å². The van der Waals surface area contributed by atoms with Gasteiger partial charge >= 0.3 is 5.97 Å². The number of aromatic carboxylic acids is 1. The highest BCUT2D eigenvalue weighted by Crippen LogP contribution is 2.25. The summed E-state index contributed by atoms with van der Waals surface area (Å²) >= 11 is 0.